The van der Waals surface area contributed by atoms with E-state index in [2.05, 4.69) is 17.6 Å². The molecule has 1 aliphatic heterocycles. The molecule has 0 radical (unpaired) electrons. The lowest BCUT2D eigenvalue weighted by atomic mass is 9.99. The minimum Gasteiger partial charge on any atom is -0.452 e. The van der Waals surface area contributed by atoms with Gasteiger partial charge in [0.1, 0.15) is 11.7 Å². The van der Waals surface area contributed by atoms with Crippen LogP contribution in [0.4, 0.5) is 11.4 Å². The topological polar surface area (TPSA) is 131 Å². The molecule has 0 unspecified atom stereocenters. The van der Waals surface area contributed by atoms with Crippen molar-refractivity contribution in [2.24, 2.45) is 5.92 Å². The van der Waals surface area contributed by atoms with E-state index in [1.165, 1.54) is 19.1 Å². The highest BCUT2D eigenvalue weighted by molar-refractivity contribution is 5.93. The Balaban J connectivity index is 2.02. The number of carbonyl (C=O) groups is 3. The molecule has 0 spiro atoms. The average Bonchev–Trinajstić information content (AvgIpc) is 2.71. The molecule has 10 heteroatoms. The molecule has 2 amide bonds. The second-order valence-corrected chi connectivity index (χ2v) is 7.41. The Bertz CT molecular complexity index is 812. The normalized spacial score (nSPS) is 17.0. The number of likely N-dealkylation sites (N-methyl/N-ethyl adjacent to an activating group) is 1. The van der Waals surface area contributed by atoms with Crippen LogP contribution in [0.3, 0.4) is 0 Å². The summed E-state index contributed by atoms with van der Waals surface area (Å²) in [4.78, 5) is 48.8. The van der Waals surface area contributed by atoms with Gasteiger partial charge in [-0.2, -0.15) is 0 Å². The zero-order valence-corrected chi connectivity index (χ0v) is 17.5. The Hall–Kier alpha value is -3.17. The van der Waals surface area contributed by atoms with E-state index in [0.717, 1.165) is 19.4 Å². The van der Waals surface area contributed by atoms with E-state index in [1.807, 2.05) is 4.90 Å². The fourth-order valence-corrected chi connectivity index (χ4v) is 3.36. The smallest absolute Gasteiger partial charge is 0.338 e. The first-order valence-electron chi connectivity index (χ1n) is 10.0. The number of nitrogens with zero attached hydrogens (tertiary/aromatic N) is 2. The van der Waals surface area contributed by atoms with Gasteiger partial charge in [-0.15, -0.1) is 0 Å². The molecular weight excluding hydrogens is 392 g/mol. The van der Waals surface area contributed by atoms with Crippen molar-refractivity contribution < 1.29 is 24.0 Å². The number of hydrogen-bond acceptors (Lipinski definition) is 7. The lowest BCUT2D eigenvalue weighted by Gasteiger charge is -2.32. The number of ether oxygens (including phenoxy) is 1. The first-order chi connectivity index (χ1) is 14.2. The second-order valence-electron chi connectivity index (χ2n) is 7.41. The predicted molar refractivity (Wildman–Crippen MR) is 110 cm³/mol. The Morgan fingerprint density at radius 3 is 2.73 bits per heavy atom. The fraction of sp³-hybridized carbons (Fsp3) is 0.550. The van der Waals surface area contributed by atoms with Gasteiger partial charge in [0, 0.05) is 25.7 Å². The SMILES string of the molecule is CCNC(=O)[C@H](C)NC(=O)COC(=O)c1ccc(N2CCC[C@H](C)C2)c([N+](=O)[O-])c1. The lowest BCUT2D eigenvalue weighted by Crippen LogP contribution is -2.46. The number of carbonyl (C=O) groups excluding carboxylic acids is 3. The fourth-order valence-electron chi connectivity index (χ4n) is 3.36. The zero-order valence-electron chi connectivity index (χ0n) is 17.5. The lowest BCUT2D eigenvalue weighted by molar-refractivity contribution is -0.384. The summed E-state index contributed by atoms with van der Waals surface area (Å²) in [5.74, 6) is -1.41. The van der Waals surface area contributed by atoms with Gasteiger partial charge in [0.25, 0.3) is 11.6 Å². The summed E-state index contributed by atoms with van der Waals surface area (Å²) in [6.45, 7) is 6.63. The maximum Gasteiger partial charge on any atom is 0.338 e. The van der Waals surface area contributed by atoms with Gasteiger partial charge >= 0.3 is 5.97 Å². The summed E-state index contributed by atoms with van der Waals surface area (Å²) in [5.41, 5.74) is 0.282. The van der Waals surface area contributed by atoms with Crippen LogP contribution in [-0.4, -0.2) is 55.0 Å². The van der Waals surface area contributed by atoms with Crippen molar-refractivity contribution in [2.75, 3.05) is 31.1 Å². The van der Waals surface area contributed by atoms with E-state index in [9.17, 15) is 24.5 Å². The molecule has 0 saturated carbocycles. The van der Waals surface area contributed by atoms with E-state index >= 15 is 0 Å². The molecule has 2 rings (SSSR count). The number of nitro benzene ring substituents is 1. The van der Waals surface area contributed by atoms with Gasteiger partial charge in [-0.25, -0.2) is 4.79 Å². The van der Waals surface area contributed by atoms with E-state index in [-0.39, 0.29) is 17.2 Å². The molecule has 30 heavy (non-hydrogen) atoms. The summed E-state index contributed by atoms with van der Waals surface area (Å²) >= 11 is 0. The molecular formula is C20H28N4O6. The van der Waals surface area contributed by atoms with Crippen LogP contribution in [0.25, 0.3) is 0 Å². The summed E-state index contributed by atoms with van der Waals surface area (Å²) in [7, 11) is 0. The van der Waals surface area contributed by atoms with Gasteiger partial charge in [0.15, 0.2) is 6.61 Å². The molecule has 1 heterocycles. The van der Waals surface area contributed by atoms with Gasteiger partial charge in [0.2, 0.25) is 5.91 Å². The number of nitrogens with one attached hydrogen (secondary N) is 2. The van der Waals surface area contributed by atoms with Gasteiger partial charge in [-0.05, 0) is 44.7 Å². The number of anilines is 1. The minimum absolute atomic E-state index is 0.0138. The molecule has 1 aliphatic rings. The van der Waals surface area contributed by atoms with Crippen molar-refractivity contribution >= 4 is 29.2 Å². The van der Waals surface area contributed by atoms with Crippen molar-refractivity contribution in [2.45, 2.75) is 39.7 Å². The van der Waals surface area contributed by atoms with E-state index in [4.69, 9.17) is 4.74 Å². The Labute approximate surface area is 175 Å². The van der Waals surface area contributed by atoms with Gasteiger partial charge < -0.3 is 20.3 Å². The van der Waals surface area contributed by atoms with Crippen LogP contribution >= 0.6 is 0 Å². The van der Waals surface area contributed by atoms with Crippen molar-refractivity contribution in [3.8, 4) is 0 Å². The first-order valence-corrected chi connectivity index (χ1v) is 10.0. The quantitative estimate of drug-likeness (QED) is 0.371. The van der Waals surface area contributed by atoms with Crippen LogP contribution in [0, 0.1) is 16.0 Å². The molecule has 1 aromatic rings. The third kappa shape index (κ3) is 6.16. The summed E-state index contributed by atoms with van der Waals surface area (Å²) in [6, 6.07) is 3.40. The third-order valence-corrected chi connectivity index (χ3v) is 4.86. The number of rotatable bonds is 8. The molecule has 1 saturated heterocycles. The largest absolute Gasteiger partial charge is 0.452 e. The molecule has 0 aromatic heterocycles. The molecule has 1 fully saturated rings. The molecule has 1 aromatic carbocycles. The Kier molecular flexibility index (Phi) is 8.14. The average molecular weight is 420 g/mol. The van der Waals surface area contributed by atoms with Crippen LogP contribution < -0.4 is 15.5 Å². The Morgan fingerprint density at radius 1 is 1.37 bits per heavy atom. The monoisotopic (exact) mass is 420 g/mol. The number of amides is 2. The first kappa shape index (κ1) is 23.1. The van der Waals surface area contributed by atoms with E-state index < -0.39 is 29.4 Å². The highest BCUT2D eigenvalue weighted by Gasteiger charge is 2.26. The number of piperidine rings is 1. The van der Waals surface area contributed by atoms with Crippen molar-refractivity contribution in [1.82, 2.24) is 10.6 Å². The third-order valence-electron chi connectivity index (χ3n) is 4.86. The van der Waals surface area contributed by atoms with Crippen LogP contribution in [0.1, 0.15) is 44.0 Å². The molecule has 164 valence electrons. The number of hydrogen-bond donors (Lipinski definition) is 2. The number of benzene rings is 1. The summed E-state index contributed by atoms with van der Waals surface area (Å²) in [6.07, 6.45) is 2.03. The highest BCUT2D eigenvalue weighted by Crippen LogP contribution is 2.32. The van der Waals surface area contributed by atoms with Crippen LogP contribution in [0.5, 0.6) is 0 Å². The van der Waals surface area contributed by atoms with Crippen LogP contribution in [0.2, 0.25) is 0 Å². The van der Waals surface area contributed by atoms with E-state index in [0.29, 0.717) is 24.7 Å². The van der Waals surface area contributed by atoms with Gasteiger partial charge in [-0.1, -0.05) is 6.92 Å². The standard InChI is InChI=1S/C20H28N4O6/c1-4-21-19(26)14(3)22-18(25)12-30-20(27)15-7-8-16(17(10-15)24(28)29)23-9-5-6-13(2)11-23/h7-8,10,13-14H,4-6,9,11-12H2,1-3H3,(H,21,26)(H,22,25)/t13-,14-/m0/s1. The number of nitro groups is 1. The molecule has 10 nitrogen and oxygen atoms in total. The number of esters is 1. The maximum atomic E-state index is 12.3. The second kappa shape index (κ2) is 10.6. The summed E-state index contributed by atoms with van der Waals surface area (Å²) < 4.78 is 4.95. The van der Waals surface area contributed by atoms with Crippen LogP contribution in [0.15, 0.2) is 18.2 Å². The molecule has 2 atom stereocenters. The molecule has 2 N–H and O–H groups in total. The predicted octanol–water partition coefficient (Wildman–Crippen LogP) is 1.63. The zero-order chi connectivity index (χ0) is 22.3. The minimum atomic E-state index is -0.850. The van der Waals surface area contributed by atoms with Crippen molar-refractivity contribution in [3.05, 3.63) is 33.9 Å². The summed E-state index contributed by atoms with van der Waals surface area (Å²) in [5, 5.41) is 16.5. The molecule has 0 aliphatic carbocycles. The van der Waals surface area contributed by atoms with E-state index in [1.54, 1.807) is 13.0 Å². The van der Waals surface area contributed by atoms with Crippen molar-refractivity contribution in [3.63, 3.8) is 0 Å². The molecule has 0 bridgehead atoms. The van der Waals surface area contributed by atoms with Crippen LogP contribution in [-0.2, 0) is 14.3 Å². The maximum absolute atomic E-state index is 12.3. The van der Waals surface area contributed by atoms with Gasteiger partial charge in [-0.3, -0.25) is 19.7 Å². The van der Waals surface area contributed by atoms with Gasteiger partial charge in [0.05, 0.1) is 10.5 Å². The Morgan fingerprint density at radius 2 is 2.10 bits per heavy atom. The highest BCUT2D eigenvalue weighted by atomic mass is 16.6. The van der Waals surface area contributed by atoms with Crippen molar-refractivity contribution in [1.29, 1.82) is 0 Å².